The molecule has 0 unspecified atom stereocenters. The molecule has 0 saturated carbocycles. The summed E-state index contributed by atoms with van der Waals surface area (Å²) < 4.78 is 0. The second-order valence-electron chi connectivity index (χ2n) is 1.83. The molecular weight excluding hydrogens is 152 g/mol. The summed E-state index contributed by atoms with van der Waals surface area (Å²) >= 11 is 0.797. The number of nitrogens with zero attached hydrogens (tertiary/aromatic N) is 1. The van der Waals surface area contributed by atoms with Crippen molar-refractivity contribution in [1.82, 2.24) is 4.90 Å². The average Bonchev–Trinajstić information content (AvgIpc) is 2.17. The molecule has 0 aliphatic carbocycles. The summed E-state index contributed by atoms with van der Waals surface area (Å²) in [6.45, 7) is 0. The summed E-state index contributed by atoms with van der Waals surface area (Å²) in [5, 5.41) is 5.10. The quantitative estimate of drug-likeness (QED) is 0.412. The zero-order valence-corrected chi connectivity index (χ0v) is 6.14. The van der Waals surface area contributed by atoms with Gasteiger partial charge in [-0.25, -0.2) is 0 Å². The van der Waals surface area contributed by atoms with Crippen molar-refractivity contribution >= 4 is 23.8 Å². The number of amides is 2. The fraction of sp³-hybridized carbons (Fsp3) is 0.200. The fourth-order valence-corrected chi connectivity index (χ4v) is 1.03. The van der Waals surface area contributed by atoms with Crippen LogP contribution in [0.3, 0.4) is 0 Å². The van der Waals surface area contributed by atoms with Crippen molar-refractivity contribution in [3.05, 3.63) is 11.0 Å². The summed E-state index contributed by atoms with van der Waals surface area (Å²) in [4.78, 5) is 22.9. The Bertz CT molecular complexity index is 224. The van der Waals surface area contributed by atoms with Crippen molar-refractivity contribution in [2.45, 2.75) is 0 Å². The van der Waals surface area contributed by atoms with Crippen LogP contribution in [0.2, 0.25) is 0 Å². The highest BCUT2D eigenvalue weighted by molar-refractivity contribution is 8.01. The van der Waals surface area contributed by atoms with E-state index in [4.69, 9.17) is 5.14 Å². The minimum Gasteiger partial charge on any atom is -0.278 e. The van der Waals surface area contributed by atoms with Gasteiger partial charge in [0.05, 0.1) is 4.91 Å². The van der Waals surface area contributed by atoms with Gasteiger partial charge in [0.25, 0.3) is 11.8 Å². The molecule has 1 aliphatic heterocycles. The molecule has 0 radical (unpaired) electrons. The van der Waals surface area contributed by atoms with Gasteiger partial charge in [0.1, 0.15) is 0 Å². The largest absolute Gasteiger partial charge is 0.278 e. The van der Waals surface area contributed by atoms with Gasteiger partial charge in [0, 0.05) is 13.1 Å². The molecule has 0 spiro atoms. The molecular formula is C5H6N2O2S. The third-order valence-electron chi connectivity index (χ3n) is 1.23. The maximum absolute atomic E-state index is 10.9. The third kappa shape index (κ3) is 0.932. The molecule has 1 heterocycles. The SMILES string of the molecule is CN1C(=O)C=C(SN)C1=O. The van der Waals surface area contributed by atoms with E-state index in [9.17, 15) is 9.59 Å². The Morgan fingerprint density at radius 1 is 1.60 bits per heavy atom. The third-order valence-corrected chi connectivity index (χ3v) is 1.77. The molecule has 0 atom stereocenters. The summed E-state index contributed by atoms with van der Waals surface area (Å²) in [6, 6.07) is 0. The summed E-state index contributed by atoms with van der Waals surface area (Å²) in [5.41, 5.74) is 0. The van der Waals surface area contributed by atoms with Crippen molar-refractivity contribution in [3.63, 3.8) is 0 Å². The standard InChI is InChI=1S/C5H6N2O2S/c1-7-4(8)2-3(10-6)5(7)9/h2H,6H2,1H3. The second kappa shape index (κ2) is 2.43. The first-order valence-electron chi connectivity index (χ1n) is 2.57. The number of carbonyl (C=O) groups excluding carboxylic acids is 2. The Balaban J connectivity index is 2.89. The predicted octanol–water partition coefficient (Wildman–Crippen LogP) is -0.524. The Hall–Kier alpha value is -0.810. The van der Waals surface area contributed by atoms with Crippen molar-refractivity contribution in [3.8, 4) is 0 Å². The fourth-order valence-electron chi connectivity index (χ4n) is 0.621. The van der Waals surface area contributed by atoms with Gasteiger partial charge in [-0.05, 0) is 11.9 Å². The summed E-state index contributed by atoms with van der Waals surface area (Å²) in [7, 11) is 1.42. The van der Waals surface area contributed by atoms with Crippen LogP contribution < -0.4 is 5.14 Å². The molecule has 2 N–H and O–H groups in total. The van der Waals surface area contributed by atoms with E-state index in [0.717, 1.165) is 16.8 Å². The molecule has 0 aromatic rings. The van der Waals surface area contributed by atoms with E-state index in [1.807, 2.05) is 0 Å². The summed E-state index contributed by atoms with van der Waals surface area (Å²) in [5.74, 6) is -0.629. The van der Waals surface area contributed by atoms with E-state index < -0.39 is 0 Å². The lowest BCUT2D eigenvalue weighted by atomic mass is 10.6. The molecule has 2 amide bonds. The molecule has 54 valence electrons. The predicted molar refractivity (Wildman–Crippen MR) is 37.6 cm³/mol. The molecule has 1 rings (SSSR count). The van der Waals surface area contributed by atoms with Gasteiger partial charge < -0.3 is 0 Å². The van der Waals surface area contributed by atoms with Crippen LogP contribution in [-0.4, -0.2) is 23.8 Å². The summed E-state index contributed by atoms with van der Waals surface area (Å²) in [6.07, 6.45) is 1.23. The molecule has 0 aromatic carbocycles. The number of nitrogens with two attached hydrogens (primary N) is 1. The van der Waals surface area contributed by atoms with Crippen LogP contribution in [0.15, 0.2) is 11.0 Å². The monoisotopic (exact) mass is 158 g/mol. The van der Waals surface area contributed by atoms with Crippen molar-refractivity contribution in [1.29, 1.82) is 0 Å². The minimum absolute atomic E-state index is 0.299. The molecule has 1 aliphatic rings. The molecule has 10 heavy (non-hydrogen) atoms. The van der Waals surface area contributed by atoms with E-state index in [-0.39, 0.29) is 11.8 Å². The van der Waals surface area contributed by atoms with Crippen LogP contribution in [0.5, 0.6) is 0 Å². The van der Waals surface area contributed by atoms with Gasteiger partial charge >= 0.3 is 0 Å². The van der Waals surface area contributed by atoms with Gasteiger partial charge in [-0.1, -0.05) is 0 Å². The van der Waals surface area contributed by atoms with Crippen molar-refractivity contribution in [2.24, 2.45) is 5.14 Å². The van der Waals surface area contributed by atoms with E-state index in [1.54, 1.807) is 0 Å². The maximum Gasteiger partial charge on any atom is 0.268 e. The van der Waals surface area contributed by atoms with Crippen LogP contribution in [0.1, 0.15) is 0 Å². The Labute approximate surface area is 62.2 Å². The smallest absolute Gasteiger partial charge is 0.268 e. The molecule has 4 nitrogen and oxygen atoms in total. The topological polar surface area (TPSA) is 63.4 Å². The number of rotatable bonds is 1. The zero-order valence-electron chi connectivity index (χ0n) is 5.33. The van der Waals surface area contributed by atoms with Crippen LogP contribution in [0, 0.1) is 0 Å². The van der Waals surface area contributed by atoms with E-state index in [2.05, 4.69) is 0 Å². The number of imide groups is 1. The minimum atomic E-state index is -0.322. The van der Waals surface area contributed by atoms with E-state index in [1.165, 1.54) is 13.1 Å². The lowest BCUT2D eigenvalue weighted by molar-refractivity contribution is -0.135. The molecule has 0 saturated heterocycles. The number of hydrogen-bond acceptors (Lipinski definition) is 4. The van der Waals surface area contributed by atoms with Crippen molar-refractivity contribution < 1.29 is 9.59 Å². The second-order valence-corrected chi connectivity index (χ2v) is 2.50. The first-order chi connectivity index (χ1) is 4.66. The highest BCUT2D eigenvalue weighted by atomic mass is 32.2. The number of hydrogen-bond donors (Lipinski definition) is 1. The highest BCUT2D eigenvalue weighted by Crippen LogP contribution is 2.17. The van der Waals surface area contributed by atoms with E-state index in [0.29, 0.717) is 4.91 Å². The number of carbonyl (C=O) groups is 2. The van der Waals surface area contributed by atoms with Crippen LogP contribution in [0.4, 0.5) is 0 Å². The van der Waals surface area contributed by atoms with E-state index >= 15 is 0 Å². The Morgan fingerprint density at radius 3 is 2.40 bits per heavy atom. The lowest BCUT2D eigenvalue weighted by Crippen LogP contribution is -2.25. The molecule has 0 bridgehead atoms. The number of likely N-dealkylation sites (N-methyl/N-ethyl adjacent to an activating group) is 1. The molecule has 0 aromatic heterocycles. The average molecular weight is 158 g/mol. The maximum atomic E-state index is 10.9. The van der Waals surface area contributed by atoms with Crippen LogP contribution >= 0.6 is 11.9 Å². The first kappa shape index (κ1) is 7.30. The Morgan fingerprint density at radius 2 is 2.20 bits per heavy atom. The van der Waals surface area contributed by atoms with Gasteiger partial charge in [-0.15, -0.1) is 0 Å². The van der Waals surface area contributed by atoms with Gasteiger partial charge in [0.2, 0.25) is 0 Å². The normalized spacial score (nSPS) is 18.2. The lowest BCUT2D eigenvalue weighted by Gasteiger charge is -2.03. The van der Waals surface area contributed by atoms with Gasteiger partial charge in [0.15, 0.2) is 0 Å². The van der Waals surface area contributed by atoms with Crippen LogP contribution in [0.25, 0.3) is 0 Å². The zero-order chi connectivity index (χ0) is 7.72. The highest BCUT2D eigenvalue weighted by Gasteiger charge is 2.26. The molecule has 0 fully saturated rings. The van der Waals surface area contributed by atoms with Gasteiger partial charge in [-0.3, -0.25) is 19.6 Å². The van der Waals surface area contributed by atoms with Crippen molar-refractivity contribution in [2.75, 3.05) is 7.05 Å². The molecule has 5 heteroatoms. The first-order valence-corrected chi connectivity index (χ1v) is 3.45. The Kier molecular flexibility index (Phi) is 1.78. The van der Waals surface area contributed by atoms with Crippen LogP contribution in [-0.2, 0) is 9.59 Å². The van der Waals surface area contributed by atoms with Gasteiger partial charge in [-0.2, -0.15) is 0 Å².